The average molecular weight is 300 g/mol. The molecule has 0 heterocycles. The molecule has 1 amide bonds. The van der Waals surface area contributed by atoms with Crippen molar-refractivity contribution in [2.24, 2.45) is 0 Å². The summed E-state index contributed by atoms with van der Waals surface area (Å²) >= 11 is 11.5. The van der Waals surface area contributed by atoms with Gasteiger partial charge in [-0.3, -0.25) is 4.79 Å². The molecular formula is C13H8Cl2FNO2. The molecule has 0 atom stereocenters. The zero-order chi connectivity index (χ0) is 14.0. The quantitative estimate of drug-likeness (QED) is 0.821. The van der Waals surface area contributed by atoms with Crippen molar-refractivity contribution < 1.29 is 14.3 Å². The van der Waals surface area contributed by atoms with Gasteiger partial charge in [-0.1, -0.05) is 23.2 Å². The molecule has 0 radical (unpaired) electrons. The normalized spacial score (nSPS) is 10.3. The fourth-order valence-electron chi connectivity index (χ4n) is 1.44. The van der Waals surface area contributed by atoms with Gasteiger partial charge in [0.05, 0.1) is 15.7 Å². The molecule has 0 aromatic heterocycles. The SMILES string of the molecule is O=C(Nc1ccc(O)cc1Cl)c1ccc(F)c(Cl)c1. The maximum Gasteiger partial charge on any atom is 0.255 e. The number of carbonyl (C=O) groups excluding carboxylic acids is 1. The molecule has 0 fully saturated rings. The summed E-state index contributed by atoms with van der Waals surface area (Å²) < 4.78 is 13.0. The van der Waals surface area contributed by atoms with Gasteiger partial charge in [0.1, 0.15) is 11.6 Å². The van der Waals surface area contributed by atoms with Gasteiger partial charge in [-0.05, 0) is 30.3 Å². The fraction of sp³-hybridized carbons (Fsp3) is 0. The van der Waals surface area contributed by atoms with Crippen LogP contribution in [0.2, 0.25) is 10.0 Å². The Kier molecular flexibility index (Phi) is 3.93. The molecule has 0 saturated heterocycles. The Labute approximate surface area is 118 Å². The first-order valence-corrected chi connectivity index (χ1v) is 5.98. The lowest BCUT2D eigenvalue weighted by Crippen LogP contribution is -2.12. The van der Waals surface area contributed by atoms with Crippen LogP contribution in [0.1, 0.15) is 10.4 Å². The van der Waals surface area contributed by atoms with E-state index < -0.39 is 11.7 Å². The predicted octanol–water partition coefficient (Wildman–Crippen LogP) is 4.09. The summed E-state index contributed by atoms with van der Waals surface area (Å²) in [5.41, 5.74) is 0.542. The Morgan fingerprint density at radius 3 is 2.47 bits per heavy atom. The van der Waals surface area contributed by atoms with Crippen molar-refractivity contribution in [2.45, 2.75) is 0 Å². The van der Waals surface area contributed by atoms with Crippen molar-refractivity contribution in [1.82, 2.24) is 0 Å². The third-order valence-corrected chi connectivity index (χ3v) is 2.99. The topological polar surface area (TPSA) is 49.3 Å². The van der Waals surface area contributed by atoms with Gasteiger partial charge in [0.15, 0.2) is 0 Å². The van der Waals surface area contributed by atoms with E-state index in [2.05, 4.69) is 5.32 Å². The van der Waals surface area contributed by atoms with E-state index in [1.165, 1.54) is 30.3 Å². The minimum atomic E-state index is -0.596. The summed E-state index contributed by atoms with van der Waals surface area (Å²) in [6.45, 7) is 0. The minimum absolute atomic E-state index is 0.00664. The maximum absolute atomic E-state index is 13.0. The zero-order valence-corrected chi connectivity index (χ0v) is 11.0. The van der Waals surface area contributed by atoms with Crippen LogP contribution in [0.4, 0.5) is 10.1 Å². The van der Waals surface area contributed by atoms with Crippen LogP contribution in [0, 0.1) is 5.82 Å². The van der Waals surface area contributed by atoms with Crippen molar-refractivity contribution in [3.63, 3.8) is 0 Å². The number of aromatic hydroxyl groups is 1. The minimum Gasteiger partial charge on any atom is -0.508 e. The van der Waals surface area contributed by atoms with Gasteiger partial charge in [0.25, 0.3) is 5.91 Å². The number of halogens is 3. The highest BCUT2D eigenvalue weighted by Gasteiger charge is 2.11. The molecule has 0 saturated carbocycles. The molecule has 0 unspecified atom stereocenters. The molecule has 0 spiro atoms. The van der Waals surface area contributed by atoms with Gasteiger partial charge < -0.3 is 10.4 Å². The first-order chi connectivity index (χ1) is 8.97. The summed E-state index contributed by atoms with van der Waals surface area (Å²) in [4.78, 5) is 11.9. The molecule has 2 N–H and O–H groups in total. The molecule has 98 valence electrons. The highest BCUT2D eigenvalue weighted by atomic mass is 35.5. The fourth-order valence-corrected chi connectivity index (χ4v) is 1.84. The molecule has 19 heavy (non-hydrogen) atoms. The monoisotopic (exact) mass is 299 g/mol. The molecule has 2 rings (SSSR count). The zero-order valence-electron chi connectivity index (χ0n) is 9.45. The molecule has 0 bridgehead atoms. The van der Waals surface area contributed by atoms with Crippen LogP contribution < -0.4 is 5.32 Å². The van der Waals surface area contributed by atoms with E-state index in [4.69, 9.17) is 23.2 Å². The Hall–Kier alpha value is -1.78. The average Bonchev–Trinajstić information content (AvgIpc) is 2.36. The number of nitrogens with one attached hydrogen (secondary N) is 1. The summed E-state index contributed by atoms with van der Waals surface area (Å²) in [5.74, 6) is -1.08. The second kappa shape index (κ2) is 5.47. The number of rotatable bonds is 2. The van der Waals surface area contributed by atoms with Crippen molar-refractivity contribution >= 4 is 34.8 Å². The van der Waals surface area contributed by atoms with Crippen LogP contribution in [0.5, 0.6) is 5.75 Å². The third-order valence-electron chi connectivity index (χ3n) is 2.38. The van der Waals surface area contributed by atoms with E-state index in [1.54, 1.807) is 0 Å². The van der Waals surface area contributed by atoms with E-state index in [0.717, 1.165) is 6.07 Å². The van der Waals surface area contributed by atoms with Crippen LogP contribution in [0.15, 0.2) is 36.4 Å². The number of hydrogen-bond donors (Lipinski definition) is 2. The van der Waals surface area contributed by atoms with E-state index in [-0.39, 0.29) is 21.4 Å². The Morgan fingerprint density at radius 1 is 1.11 bits per heavy atom. The largest absolute Gasteiger partial charge is 0.508 e. The molecule has 2 aromatic rings. The molecule has 0 aliphatic carbocycles. The number of amides is 1. The lowest BCUT2D eigenvalue weighted by molar-refractivity contribution is 0.102. The number of anilines is 1. The van der Waals surface area contributed by atoms with E-state index in [9.17, 15) is 14.3 Å². The number of hydrogen-bond acceptors (Lipinski definition) is 2. The van der Waals surface area contributed by atoms with Crippen molar-refractivity contribution in [2.75, 3.05) is 5.32 Å². The van der Waals surface area contributed by atoms with Crippen LogP contribution in [-0.4, -0.2) is 11.0 Å². The molecule has 2 aromatic carbocycles. The van der Waals surface area contributed by atoms with Crippen molar-refractivity contribution in [1.29, 1.82) is 0 Å². The van der Waals surface area contributed by atoms with Gasteiger partial charge in [0, 0.05) is 11.6 Å². The van der Waals surface area contributed by atoms with Crippen molar-refractivity contribution in [3.05, 3.63) is 57.8 Å². The molecule has 3 nitrogen and oxygen atoms in total. The standard InChI is InChI=1S/C13H8Cl2FNO2/c14-9-5-7(1-3-11(9)16)13(19)17-12-4-2-8(18)6-10(12)15/h1-6,18H,(H,17,19). The molecular weight excluding hydrogens is 292 g/mol. The van der Waals surface area contributed by atoms with Crippen LogP contribution in [-0.2, 0) is 0 Å². The number of carbonyl (C=O) groups is 1. The second-order valence-electron chi connectivity index (χ2n) is 3.75. The summed E-state index contributed by atoms with van der Waals surface area (Å²) in [7, 11) is 0. The third kappa shape index (κ3) is 3.16. The summed E-state index contributed by atoms with van der Waals surface area (Å²) in [6.07, 6.45) is 0. The number of phenols is 1. The van der Waals surface area contributed by atoms with Gasteiger partial charge in [-0.15, -0.1) is 0 Å². The highest BCUT2D eigenvalue weighted by molar-refractivity contribution is 6.34. The number of benzene rings is 2. The summed E-state index contributed by atoms with van der Waals surface area (Å²) in [6, 6.07) is 7.79. The Balaban J connectivity index is 2.23. The van der Waals surface area contributed by atoms with E-state index >= 15 is 0 Å². The van der Waals surface area contributed by atoms with Crippen LogP contribution >= 0.6 is 23.2 Å². The Bertz CT molecular complexity index is 647. The van der Waals surface area contributed by atoms with Gasteiger partial charge in [-0.25, -0.2) is 4.39 Å². The lowest BCUT2D eigenvalue weighted by Gasteiger charge is -2.08. The van der Waals surface area contributed by atoms with Gasteiger partial charge in [0.2, 0.25) is 0 Å². The number of phenolic OH excluding ortho intramolecular Hbond substituents is 1. The van der Waals surface area contributed by atoms with Crippen LogP contribution in [0.25, 0.3) is 0 Å². The van der Waals surface area contributed by atoms with E-state index in [0.29, 0.717) is 5.69 Å². The lowest BCUT2D eigenvalue weighted by atomic mass is 10.2. The van der Waals surface area contributed by atoms with Crippen molar-refractivity contribution in [3.8, 4) is 5.75 Å². The highest BCUT2D eigenvalue weighted by Crippen LogP contribution is 2.26. The van der Waals surface area contributed by atoms with Gasteiger partial charge >= 0.3 is 0 Å². The molecule has 6 heteroatoms. The second-order valence-corrected chi connectivity index (χ2v) is 4.56. The first kappa shape index (κ1) is 13.6. The first-order valence-electron chi connectivity index (χ1n) is 5.22. The molecule has 0 aliphatic rings. The Morgan fingerprint density at radius 2 is 1.84 bits per heavy atom. The van der Waals surface area contributed by atoms with Crippen LogP contribution in [0.3, 0.4) is 0 Å². The smallest absolute Gasteiger partial charge is 0.255 e. The molecule has 0 aliphatic heterocycles. The maximum atomic E-state index is 13.0. The summed E-state index contributed by atoms with van der Waals surface area (Å²) in [5, 5.41) is 11.8. The van der Waals surface area contributed by atoms with E-state index in [1.807, 2.05) is 0 Å². The van der Waals surface area contributed by atoms with Gasteiger partial charge in [-0.2, -0.15) is 0 Å². The predicted molar refractivity (Wildman–Crippen MR) is 72.5 cm³/mol.